The number of amides is 1. The highest BCUT2D eigenvalue weighted by Gasteiger charge is 2.16. The first-order chi connectivity index (χ1) is 8.65. The smallest absolute Gasteiger partial charge is 0.269 e. The number of hydrogen-bond acceptors (Lipinski definition) is 4. The highest BCUT2D eigenvalue weighted by atomic mass is 16.2. The van der Waals surface area contributed by atoms with Crippen LogP contribution in [-0.4, -0.2) is 21.7 Å². The summed E-state index contributed by atoms with van der Waals surface area (Å²) in [6, 6.07) is 1.51. The van der Waals surface area contributed by atoms with Gasteiger partial charge in [0.25, 0.3) is 5.56 Å². The average molecular weight is 250 g/mol. The average Bonchev–Trinajstić information content (AvgIpc) is 2.34. The van der Waals surface area contributed by atoms with Gasteiger partial charge >= 0.3 is 0 Å². The van der Waals surface area contributed by atoms with E-state index < -0.39 is 0 Å². The third-order valence-corrected chi connectivity index (χ3v) is 3.15. The van der Waals surface area contributed by atoms with Crippen molar-refractivity contribution in [2.75, 3.05) is 5.73 Å². The van der Waals surface area contributed by atoms with E-state index in [1.165, 1.54) is 18.7 Å². The molecule has 1 saturated carbocycles. The van der Waals surface area contributed by atoms with Crippen LogP contribution in [0.2, 0.25) is 0 Å². The Labute approximate surface area is 105 Å². The van der Waals surface area contributed by atoms with Gasteiger partial charge in [0.05, 0.1) is 11.9 Å². The normalized spacial score (nSPS) is 16.4. The highest BCUT2D eigenvalue weighted by molar-refractivity contribution is 5.75. The van der Waals surface area contributed by atoms with E-state index in [0.717, 1.165) is 30.4 Å². The minimum atomic E-state index is -0.353. The number of carbonyl (C=O) groups is 1. The van der Waals surface area contributed by atoms with E-state index in [1.807, 2.05) is 0 Å². The Bertz CT molecular complexity index is 477. The Kier molecular flexibility index (Phi) is 3.96. The molecule has 0 aromatic carbocycles. The van der Waals surface area contributed by atoms with Crippen molar-refractivity contribution < 1.29 is 4.79 Å². The van der Waals surface area contributed by atoms with Crippen molar-refractivity contribution in [3.05, 3.63) is 22.6 Å². The van der Waals surface area contributed by atoms with Gasteiger partial charge in [-0.15, -0.1) is 0 Å². The zero-order valence-corrected chi connectivity index (χ0v) is 10.3. The molecule has 1 aliphatic rings. The summed E-state index contributed by atoms with van der Waals surface area (Å²) in [5, 5.41) is 6.77. The van der Waals surface area contributed by atoms with Gasteiger partial charge in [-0.2, -0.15) is 5.10 Å². The first-order valence-electron chi connectivity index (χ1n) is 6.27. The van der Waals surface area contributed by atoms with Crippen LogP contribution in [0.15, 0.2) is 17.1 Å². The van der Waals surface area contributed by atoms with Crippen LogP contribution in [0.3, 0.4) is 0 Å². The Balaban J connectivity index is 1.92. The summed E-state index contributed by atoms with van der Waals surface area (Å²) < 4.78 is 1.12. The molecule has 0 aliphatic heterocycles. The number of nitrogen functional groups attached to an aromatic ring is 1. The van der Waals surface area contributed by atoms with Gasteiger partial charge in [0, 0.05) is 12.1 Å². The maximum Gasteiger partial charge on any atom is 0.269 e. The van der Waals surface area contributed by atoms with Gasteiger partial charge in [0.15, 0.2) is 0 Å². The number of nitrogens with one attached hydrogen (secondary N) is 1. The van der Waals surface area contributed by atoms with Gasteiger partial charge in [-0.25, -0.2) is 4.68 Å². The van der Waals surface area contributed by atoms with Crippen molar-refractivity contribution in [2.24, 2.45) is 0 Å². The lowest BCUT2D eigenvalue weighted by Crippen LogP contribution is -2.40. The van der Waals surface area contributed by atoms with E-state index in [9.17, 15) is 9.59 Å². The molecule has 0 spiro atoms. The number of nitrogens with zero attached hydrogens (tertiary/aromatic N) is 2. The summed E-state index contributed by atoms with van der Waals surface area (Å²) in [5.74, 6) is -0.165. The zero-order valence-electron chi connectivity index (χ0n) is 10.3. The number of aromatic nitrogens is 2. The second-order valence-electron chi connectivity index (χ2n) is 4.69. The number of hydrogen-bond donors (Lipinski definition) is 2. The summed E-state index contributed by atoms with van der Waals surface area (Å²) in [6.07, 6.45) is 6.97. The third-order valence-electron chi connectivity index (χ3n) is 3.15. The predicted octanol–water partition coefficient (Wildman–Crippen LogP) is 0.274. The molecule has 0 unspecified atom stereocenters. The lowest BCUT2D eigenvalue weighted by Gasteiger charge is -2.22. The first kappa shape index (κ1) is 12.6. The van der Waals surface area contributed by atoms with Crippen molar-refractivity contribution in [1.29, 1.82) is 0 Å². The molecule has 1 amide bonds. The zero-order chi connectivity index (χ0) is 13.0. The topological polar surface area (TPSA) is 90.0 Å². The van der Waals surface area contributed by atoms with Crippen LogP contribution in [-0.2, 0) is 11.3 Å². The van der Waals surface area contributed by atoms with E-state index in [1.54, 1.807) is 0 Å². The molecule has 0 saturated heterocycles. The number of carbonyl (C=O) groups excluding carboxylic acids is 1. The van der Waals surface area contributed by atoms with Crippen LogP contribution in [0.4, 0.5) is 5.69 Å². The Morgan fingerprint density at radius 3 is 2.83 bits per heavy atom. The van der Waals surface area contributed by atoms with Crippen molar-refractivity contribution >= 4 is 11.6 Å². The molecule has 1 heterocycles. The molecule has 98 valence electrons. The molecule has 0 radical (unpaired) electrons. The summed E-state index contributed by atoms with van der Waals surface area (Å²) in [6.45, 7) is -0.0460. The van der Waals surface area contributed by atoms with E-state index in [0.29, 0.717) is 5.69 Å². The molecule has 18 heavy (non-hydrogen) atoms. The summed E-state index contributed by atoms with van der Waals surface area (Å²) >= 11 is 0. The van der Waals surface area contributed by atoms with Crippen molar-refractivity contribution in [3.8, 4) is 0 Å². The van der Waals surface area contributed by atoms with Crippen LogP contribution in [0, 0.1) is 0 Å². The fourth-order valence-electron chi connectivity index (χ4n) is 2.22. The molecule has 0 bridgehead atoms. The summed E-state index contributed by atoms with van der Waals surface area (Å²) in [5.41, 5.74) is 5.39. The molecule has 1 aromatic rings. The van der Waals surface area contributed by atoms with Crippen LogP contribution in [0.25, 0.3) is 0 Å². The van der Waals surface area contributed by atoms with Crippen LogP contribution in [0.5, 0.6) is 0 Å². The molecule has 0 atom stereocenters. The Hall–Kier alpha value is -1.85. The quantitative estimate of drug-likeness (QED) is 0.806. The molecular weight excluding hydrogens is 232 g/mol. The minimum Gasteiger partial charge on any atom is -0.397 e. The lowest BCUT2D eigenvalue weighted by molar-refractivity contribution is -0.122. The van der Waals surface area contributed by atoms with Gasteiger partial charge in [-0.3, -0.25) is 9.59 Å². The molecule has 3 N–H and O–H groups in total. The first-order valence-corrected chi connectivity index (χ1v) is 6.27. The van der Waals surface area contributed by atoms with Crippen molar-refractivity contribution in [1.82, 2.24) is 15.1 Å². The van der Waals surface area contributed by atoms with Crippen LogP contribution >= 0.6 is 0 Å². The summed E-state index contributed by atoms with van der Waals surface area (Å²) in [4.78, 5) is 23.3. The maximum atomic E-state index is 11.8. The molecule has 6 heteroatoms. The van der Waals surface area contributed by atoms with E-state index >= 15 is 0 Å². The fraction of sp³-hybridized carbons (Fsp3) is 0.583. The number of nitrogens with two attached hydrogens (primary N) is 1. The van der Waals surface area contributed by atoms with Gasteiger partial charge in [-0.1, -0.05) is 19.3 Å². The minimum absolute atomic E-state index is 0.0460. The monoisotopic (exact) mass is 250 g/mol. The lowest BCUT2D eigenvalue weighted by atomic mass is 9.95. The second kappa shape index (κ2) is 5.66. The molecule has 1 fully saturated rings. The SMILES string of the molecule is Nc1cnn(CC(=O)NC2CCCCC2)c(=O)c1. The van der Waals surface area contributed by atoms with Gasteiger partial charge in [-0.05, 0) is 12.8 Å². The second-order valence-corrected chi connectivity index (χ2v) is 4.69. The Morgan fingerprint density at radius 1 is 1.44 bits per heavy atom. The standard InChI is InChI=1S/C12H18N4O2/c13-9-6-12(18)16(14-7-9)8-11(17)15-10-4-2-1-3-5-10/h6-7,10H,1-5,8,13H2,(H,15,17). The molecule has 1 aromatic heterocycles. The number of anilines is 1. The van der Waals surface area contributed by atoms with Crippen molar-refractivity contribution in [3.63, 3.8) is 0 Å². The fourth-order valence-corrected chi connectivity index (χ4v) is 2.22. The van der Waals surface area contributed by atoms with Gasteiger partial charge in [0.1, 0.15) is 6.54 Å². The van der Waals surface area contributed by atoms with E-state index in [-0.39, 0.29) is 24.1 Å². The largest absolute Gasteiger partial charge is 0.397 e. The van der Waals surface area contributed by atoms with Crippen LogP contribution < -0.4 is 16.6 Å². The Morgan fingerprint density at radius 2 is 2.17 bits per heavy atom. The van der Waals surface area contributed by atoms with Gasteiger partial charge < -0.3 is 11.1 Å². The van der Waals surface area contributed by atoms with E-state index in [2.05, 4.69) is 10.4 Å². The predicted molar refractivity (Wildman–Crippen MR) is 67.9 cm³/mol. The van der Waals surface area contributed by atoms with Gasteiger partial charge in [0.2, 0.25) is 5.91 Å². The summed E-state index contributed by atoms with van der Waals surface area (Å²) in [7, 11) is 0. The van der Waals surface area contributed by atoms with E-state index in [4.69, 9.17) is 5.73 Å². The third kappa shape index (κ3) is 3.32. The maximum absolute atomic E-state index is 11.8. The highest BCUT2D eigenvalue weighted by Crippen LogP contribution is 2.17. The van der Waals surface area contributed by atoms with Crippen LogP contribution in [0.1, 0.15) is 32.1 Å². The molecular formula is C12H18N4O2. The number of rotatable bonds is 3. The molecule has 2 rings (SSSR count). The molecule has 1 aliphatic carbocycles. The van der Waals surface area contributed by atoms with Crippen molar-refractivity contribution in [2.45, 2.75) is 44.7 Å². The molecule has 6 nitrogen and oxygen atoms in total.